The molecule has 0 aliphatic carbocycles. The van der Waals surface area contributed by atoms with Gasteiger partial charge in [0.05, 0.1) is 9.80 Å². The lowest BCUT2D eigenvalue weighted by Crippen LogP contribution is -2.37. The standard InChI is InChI=1S/C24H24ClN3O5S2/c25-19-9-7-17(8-10-19)15-21-23(30)28(24(31)34-21)14-11-26-22(29)18-5-4-6-20(16-18)35(32,33)27-12-2-1-3-13-27/h4-10,15-16H,1-3,11-14H2,(H,26,29)/b21-15+. The van der Waals surface area contributed by atoms with E-state index in [4.69, 9.17) is 11.6 Å². The number of rotatable bonds is 7. The van der Waals surface area contributed by atoms with Gasteiger partial charge in [-0.25, -0.2) is 8.42 Å². The highest BCUT2D eigenvalue weighted by molar-refractivity contribution is 8.18. The van der Waals surface area contributed by atoms with Gasteiger partial charge in [0.2, 0.25) is 10.0 Å². The van der Waals surface area contributed by atoms with Crippen molar-refractivity contribution in [3.8, 4) is 0 Å². The van der Waals surface area contributed by atoms with Gasteiger partial charge < -0.3 is 5.32 Å². The van der Waals surface area contributed by atoms with E-state index >= 15 is 0 Å². The highest BCUT2D eigenvalue weighted by Gasteiger charge is 2.34. The molecule has 184 valence electrons. The van der Waals surface area contributed by atoms with Crippen LogP contribution in [-0.4, -0.2) is 60.9 Å². The molecule has 2 saturated heterocycles. The second kappa shape index (κ2) is 10.9. The first-order valence-electron chi connectivity index (χ1n) is 11.1. The van der Waals surface area contributed by atoms with E-state index in [0.717, 1.165) is 41.5 Å². The average molecular weight is 534 g/mol. The van der Waals surface area contributed by atoms with Crippen LogP contribution in [0.25, 0.3) is 6.08 Å². The molecule has 0 aromatic heterocycles. The van der Waals surface area contributed by atoms with E-state index in [2.05, 4.69) is 5.32 Å². The fourth-order valence-corrected chi connectivity index (χ4v) is 6.39. The minimum absolute atomic E-state index is 0.000131. The molecule has 4 rings (SSSR count). The minimum Gasteiger partial charge on any atom is -0.350 e. The number of thioether (sulfide) groups is 1. The molecule has 2 aliphatic rings. The van der Waals surface area contributed by atoms with Gasteiger partial charge >= 0.3 is 0 Å². The Hall–Kier alpha value is -2.66. The molecule has 0 unspecified atom stereocenters. The molecular formula is C24H24ClN3O5S2. The molecule has 0 saturated carbocycles. The van der Waals surface area contributed by atoms with Crippen LogP contribution < -0.4 is 5.32 Å². The Labute approximate surface area is 213 Å². The summed E-state index contributed by atoms with van der Waals surface area (Å²) in [7, 11) is -3.66. The molecule has 0 radical (unpaired) electrons. The first kappa shape index (κ1) is 25.4. The summed E-state index contributed by atoms with van der Waals surface area (Å²) in [5.74, 6) is -0.914. The lowest BCUT2D eigenvalue weighted by Gasteiger charge is -2.26. The molecule has 2 aliphatic heterocycles. The van der Waals surface area contributed by atoms with Crippen LogP contribution in [0.2, 0.25) is 5.02 Å². The maximum atomic E-state index is 12.9. The summed E-state index contributed by atoms with van der Waals surface area (Å²) in [5.41, 5.74) is 0.937. The Bertz CT molecular complexity index is 1270. The number of hydrogen-bond acceptors (Lipinski definition) is 6. The number of halogens is 1. The first-order chi connectivity index (χ1) is 16.8. The Kier molecular flexibility index (Phi) is 7.95. The second-order valence-corrected chi connectivity index (χ2v) is 11.5. The van der Waals surface area contributed by atoms with E-state index in [1.165, 1.54) is 28.6 Å². The van der Waals surface area contributed by atoms with Crippen LogP contribution in [0.3, 0.4) is 0 Å². The zero-order valence-corrected chi connectivity index (χ0v) is 21.2. The third-order valence-corrected chi connectivity index (χ3v) is 8.77. The van der Waals surface area contributed by atoms with E-state index in [-0.39, 0.29) is 23.5 Å². The Morgan fingerprint density at radius 1 is 1.06 bits per heavy atom. The molecule has 2 fully saturated rings. The molecule has 11 heteroatoms. The quantitative estimate of drug-likeness (QED) is 0.540. The summed E-state index contributed by atoms with van der Waals surface area (Å²) in [6.45, 7) is 0.987. The number of hydrogen-bond donors (Lipinski definition) is 1. The van der Waals surface area contributed by atoms with Gasteiger partial charge in [-0.2, -0.15) is 4.31 Å². The molecule has 35 heavy (non-hydrogen) atoms. The molecular weight excluding hydrogens is 510 g/mol. The smallest absolute Gasteiger partial charge is 0.293 e. The molecule has 3 amide bonds. The van der Waals surface area contributed by atoms with Gasteiger partial charge in [0.25, 0.3) is 17.1 Å². The van der Waals surface area contributed by atoms with E-state index in [1.54, 1.807) is 30.3 Å². The highest BCUT2D eigenvalue weighted by Crippen LogP contribution is 2.32. The van der Waals surface area contributed by atoms with Crippen molar-refractivity contribution < 1.29 is 22.8 Å². The van der Waals surface area contributed by atoms with E-state index < -0.39 is 27.1 Å². The number of amides is 3. The Morgan fingerprint density at radius 3 is 2.49 bits per heavy atom. The van der Waals surface area contributed by atoms with Crippen molar-refractivity contribution in [2.75, 3.05) is 26.2 Å². The summed E-state index contributed by atoms with van der Waals surface area (Å²) in [5, 5.41) is 2.81. The molecule has 0 spiro atoms. The van der Waals surface area contributed by atoms with Crippen LogP contribution in [0.1, 0.15) is 35.2 Å². The third-order valence-electron chi connectivity index (χ3n) is 5.71. The number of imide groups is 1. The van der Waals surface area contributed by atoms with Crippen LogP contribution in [0, 0.1) is 0 Å². The first-order valence-corrected chi connectivity index (χ1v) is 13.8. The van der Waals surface area contributed by atoms with Crippen LogP contribution in [-0.2, 0) is 14.8 Å². The summed E-state index contributed by atoms with van der Waals surface area (Å²) >= 11 is 6.71. The zero-order valence-electron chi connectivity index (χ0n) is 18.8. The number of carbonyl (C=O) groups excluding carboxylic acids is 3. The normalized spacial score (nSPS) is 18.3. The molecule has 0 bridgehead atoms. The highest BCUT2D eigenvalue weighted by atomic mass is 35.5. The van der Waals surface area contributed by atoms with Crippen LogP contribution in [0.15, 0.2) is 58.3 Å². The number of piperidine rings is 1. The maximum absolute atomic E-state index is 12.9. The lowest BCUT2D eigenvalue weighted by atomic mass is 10.2. The van der Waals surface area contributed by atoms with E-state index in [0.29, 0.717) is 23.0 Å². The van der Waals surface area contributed by atoms with Gasteiger partial charge in [0.15, 0.2) is 0 Å². The van der Waals surface area contributed by atoms with Crippen molar-refractivity contribution in [1.82, 2.24) is 14.5 Å². The summed E-state index contributed by atoms with van der Waals surface area (Å²) < 4.78 is 27.2. The topological polar surface area (TPSA) is 104 Å². The molecule has 8 nitrogen and oxygen atoms in total. The molecule has 2 aromatic carbocycles. The lowest BCUT2D eigenvalue weighted by molar-refractivity contribution is -0.122. The number of carbonyl (C=O) groups is 3. The summed E-state index contributed by atoms with van der Waals surface area (Å²) in [6, 6.07) is 12.8. The van der Waals surface area contributed by atoms with Crippen molar-refractivity contribution >= 4 is 56.5 Å². The van der Waals surface area contributed by atoms with Gasteiger partial charge in [0, 0.05) is 36.8 Å². The van der Waals surface area contributed by atoms with Gasteiger partial charge in [-0.05, 0) is 66.6 Å². The van der Waals surface area contributed by atoms with E-state index in [9.17, 15) is 22.8 Å². The third kappa shape index (κ3) is 5.95. The van der Waals surface area contributed by atoms with Gasteiger partial charge in [0.1, 0.15) is 0 Å². The number of nitrogens with one attached hydrogen (secondary N) is 1. The second-order valence-electron chi connectivity index (χ2n) is 8.13. The number of benzene rings is 2. The van der Waals surface area contributed by atoms with Crippen molar-refractivity contribution in [3.63, 3.8) is 0 Å². The predicted molar refractivity (Wildman–Crippen MR) is 136 cm³/mol. The maximum Gasteiger partial charge on any atom is 0.293 e. The molecule has 2 heterocycles. The van der Waals surface area contributed by atoms with Crippen LogP contribution in [0.4, 0.5) is 4.79 Å². The fraction of sp³-hybridized carbons (Fsp3) is 0.292. The zero-order chi connectivity index (χ0) is 25.0. The van der Waals surface area contributed by atoms with Gasteiger partial charge in [-0.1, -0.05) is 36.2 Å². The van der Waals surface area contributed by atoms with Crippen molar-refractivity contribution in [1.29, 1.82) is 0 Å². The summed E-state index contributed by atoms with van der Waals surface area (Å²) in [6.07, 6.45) is 4.27. The largest absolute Gasteiger partial charge is 0.350 e. The van der Waals surface area contributed by atoms with Crippen molar-refractivity contribution in [2.24, 2.45) is 0 Å². The van der Waals surface area contributed by atoms with Gasteiger partial charge in [-0.15, -0.1) is 0 Å². The molecule has 2 aromatic rings. The van der Waals surface area contributed by atoms with Crippen LogP contribution >= 0.6 is 23.4 Å². The Balaban J connectivity index is 1.36. The van der Waals surface area contributed by atoms with Crippen LogP contribution in [0.5, 0.6) is 0 Å². The Morgan fingerprint density at radius 2 is 1.77 bits per heavy atom. The average Bonchev–Trinajstić information content (AvgIpc) is 3.13. The monoisotopic (exact) mass is 533 g/mol. The van der Waals surface area contributed by atoms with Gasteiger partial charge in [-0.3, -0.25) is 19.3 Å². The summed E-state index contributed by atoms with van der Waals surface area (Å²) in [4.78, 5) is 39.0. The predicted octanol–water partition coefficient (Wildman–Crippen LogP) is 3.98. The SMILES string of the molecule is O=C(NCCN1C(=O)S/C(=C/c2ccc(Cl)cc2)C1=O)c1cccc(S(=O)(=O)N2CCCCC2)c1. The van der Waals surface area contributed by atoms with Crippen molar-refractivity contribution in [2.45, 2.75) is 24.2 Å². The van der Waals surface area contributed by atoms with E-state index in [1.807, 2.05) is 0 Å². The molecule has 1 N–H and O–H groups in total. The minimum atomic E-state index is -3.66. The number of sulfonamides is 1. The number of nitrogens with zero attached hydrogens (tertiary/aromatic N) is 2. The fourth-order valence-electron chi connectivity index (χ4n) is 3.84. The molecule has 0 atom stereocenters. The van der Waals surface area contributed by atoms with Crippen molar-refractivity contribution in [3.05, 3.63) is 69.6 Å².